The summed E-state index contributed by atoms with van der Waals surface area (Å²) in [6.07, 6.45) is 4.12. The van der Waals surface area contributed by atoms with E-state index in [0.29, 0.717) is 12.6 Å². The number of rotatable bonds is 5. The molecule has 0 spiro atoms. The number of benzene rings is 2. The van der Waals surface area contributed by atoms with Gasteiger partial charge in [0.05, 0.1) is 12.1 Å². The predicted molar refractivity (Wildman–Crippen MR) is 91.1 cm³/mol. The number of carbonyl (C=O) groups excluding carboxylic acids is 1. The minimum atomic E-state index is -0.312. The van der Waals surface area contributed by atoms with Crippen molar-refractivity contribution >= 4 is 5.91 Å². The molecule has 1 fully saturated rings. The lowest BCUT2D eigenvalue weighted by Gasteiger charge is -2.31. The molecule has 0 aromatic heterocycles. The summed E-state index contributed by atoms with van der Waals surface area (Å²) in [5.74, 6) is 0.0913. The molecule has 4 rings (SSSR count). The number of hydrogen-bond donors (Lipinski definition) is 2. The van der Waals surface area contributed by atoms with Crippen LogP contribution in [-0.4, -0.2) is 18.5 Å². The lowest BCUT2D eigenvalue weighted by molar-refractivity contribution is -0.122. The van der Waals surface area contributed by atoms with Gasteiger partial charge in [-0.15, -0.1) is 0 Å². The molecule has 3 nitrogen and oxygen atoms in total. The van der Waals surface area contributed by atoms with Crippen LogP contribution >= 0.6 is 0 Å². The van der Waals surface area contributed by atoms with Gasteiger partial charge in [0.2, 0.25) is 5.91 Å². The average molecular weight is 306 g/mol. The number of nitrogens with one attached hydrogen (secondary N) is 2. The van der Waals surface area contributed by atoms with Gasteiger partial charge < -0.3 is 10.6 Å². The van der Waals surface area contributed by atoms with Crippen LogP contribution in [0.15, 0.2) is 54.6 Å². The van der Waals surface area contributed by atoms with Crippen molar-refractivity contribution in [2.24, 2.45) is 0 Å². The first-order valence-corrected chi connectivity index (χ1v) is 8.42. The van der Waals surface area contributed by atoms with Crippen LogP contribution in [-0.2, 0) is 23.2 Å². The maximum atomic E-state index is 12.5. The minimum absolute atomic E-state index is 0.0913. The first kappa shape index (κ1) is 14.5. The Bertz CT molecular complexity index is 682. The van der Waals surface area contributed by atoms with Gasteiger partial charge in [-0.2, -0.15) is 0 Å². The Kier molecular flexibility index (Phi) is 3.66. The zero-order valence-electron chi connectivity index (χ0n) is 13.2. The third kappa shape index (κ3) is 3.02. The number of hydrogen-bond acceptors (Lipinski definition) is 2. The quantitative estimate of drug-likeness (QED) is 0.891. The van der Waals surface area contributed by atoms with Crippen molar-refractivity contribution in [1.29, 1.82) is 0 Å². The molecule has 1 amide bonds. The van der Waals surface area contributed by atoms with E-state index in [4.69, 9.17) is 0 Å². The fourth-order valence-electron chi connectivity index (χ4n) is 3.57. The van der Waals surface area contributed by atoms with E-state index in [1.807, 2.05) is 6.07 Å². The van der Waals surface area contributed by atoms with Crippen molar-refractivity contribution < 1.29 is 4.79 Å². The van der Waals surface area contributed by atoms with Crippen LogP contribution in [0.3, 0.4) is 0 Å². The summed E-state index contributed by atoms with van der Waals surface area (Å²) in [6.45, 7) is 0.412. The fraction of sp³-hybridized carbons (Fsp3) is 0.350. The SMILES string of the molecule is O=C(CNC1CC1)NC1(c2ccccc2)Cc2ccccc2C1. The zero-order chi connectivity index (χ0) is 15.7. The van der Waals surface area contributed by atoms with E-state index >= 15 is 0 Å². The Labute approximate surface area is 137 Å². The summed E-state index contributed by atoms with van der Waals surface area (Å²) in [4.78, 5) is 12.5. The topological polar surface area (TPSA) is 41.1 Å². The van der Waals surface area contributed by atoms with Gasteiger partial charge in [-0.1, -0.05) is 54.6 Å². The molecule has 0 atom stereocenters. The molecule has 2 N–H and O–H groups in total. The Morgan fingerprint density at radius 3 is 2.17 bits per heavy atom. The molecule has 118 valence electrons. The molecule has 0 unspecified atom stereocenters. The van der Waals surface area contributed by atoms with Crippen LogP contribution in [0.4, 0.5) is 0 Å². The standard InChI is InChI=1S/C20H22N2O/c23-19(14-21-18-10-11-18)22-20(17-8-2-1-3-9-17)12-15-6-4-5-7-16(15)13-20/h1-9,18,21H,10-14H2,(H,22,23). The molecule has 1 saturated carbocycles. The van der Waals surface area contributed by atoms with Crippen molar-refractivity contribution in [2.45, 2.75) is 37.3 Å². The predicted octanol–water partition coefficient (Wildman–Crippen LogP) is 2.55. The highest BCUT2D eigenvalue weighted by Crippen LogP contribution is 2.37. The van der Waals surface area contributed by atoms with Gasteiger partial charge in [-0.3, -0.25) is 4.79 Å². The Morgan fingerprint density at radius 2 is 1.57 bits per heavy atom. The lowest BCUT2D eigenvalue weighted by Crippen LogP contribution is -2.49. The number of amides is 1. The van der Waals surface area contributed by atoms with E-state index in [1.54, 1.807) is 0 Å². The summed E-state index contributed by atoms with van der Waals surface area (Å²) < 4.78 is 0. The molecule has 2 aromatic carbocycles. The van der Waals surface area contributed by atoms with Crippen molar-refractivity contribution in [3.63, 3.8) is 0 Å². The Balaban J connectivity index is 1.59. The second-order valence-corrected chi connectivity index (χ2v) is 6.77. The van der Waals surface area contributed by atoms with Crippen molar-refractivity contribution in [3.05, 3.63) is 71.3 Å². The van der Waals surface area contributed by atoms with Crippen LogP contribution in [0.2, 0.25) is 0 Å². The van der Waals surface area contributed by atoms with Crippen molar-refractivity contribution in [3.8, 4) is 0 Å². The summed E-state index contributed by atoms with van der Waals surface area (Å²) >= 11 is 0. The van der Waals surface area contributed by atoms with E-state index < -0.39 is 0 Å². The van der Waals surface area contributed by atoms with Crippen LogP contribution in [0.1, 0.15) is 29.5 Å². The molecule has 2 aliphatic rings. The maximum absolute atomic E-state index is 12.5. The molecule has 3 heteroatoms. The molecular weight excluding hydrogens is 284 g/mol. The molecule has 2 aliphatic carbocycles. The van der Waals surface area contributed by atoms with Gasteiger partial charge in [0.25, 0.3) is 0 Å². The van der Waals surface area contributed by atoms with Gasteiger partial charge in [0, 0.05) is 18.9 Å². The van der Waals surface area contributed by atoms with Gasteiger partial charge in [-0.25, -0.2) is 0 Å². The zero-order valence-corrected chi connectivity index (χ0v) is 13.2. The number of carbonyl (C=O) groups is 1. The van der Waals surface area contributed by atoms with Gasteiger partial charge in [-0.05, 0) is 29.5 Å². The summed E-state index contributed by atoms with van der Waals surface area (Å²) in [6, 6.07) is 19.4. The maximum Gasteiger partial charge on any atom is 0.234 e. The van der Waals surface area contributed by atoms with Crippen molar-refractivity contribution in [2.75, 3.05) is 6.54 Å². The third-order valence-corrected chi connectivity index (χ3v) is 4.94. The highest BCUT2D eigenvalue weighted by Gasteiger charge is 2.39. The molecule has 2 aromatic rings. The molecule has 0 saturated heterocycles. The van der Waals surface area contributed by atoms with Crippen LogP contribution in [0, 0.1) is 0 Å². The normalized spacial score (nSPS) is 18.4. The molecule has 0 bridgehead atoms. The van der Waals surface area contributed by atoms with Gasteiger partial charge >= 0.3 is 0 Å². The number of fused-ring (bicyclic) bond motifs is 1. The fourth-order valence-corrected chi connectivity index (χ4v) is 3.57. The molecule has 0 radical (unpaired) electrons. The highest BCUT2D eigenvalue weighted by atomic mass is 16.2. The van der Waals surface area contributed by atoms with Crippen LogP contribution in [0.5, 0.6) is 0 Å². The minimum Gasteiger partial charge on any atom is -0.345 e. The first-order valence-electron chi connectivity index (χ1n) is 8.42. The summed E-state index contributed by atoms with van der Waals surface area (Å²) in [7, 11) is 0. The van der Waals surface area contributed by atoms with Gasteiger partial charge in [0.1, 0.15) is 0 Å². The Morgan fingerprint density at radius 1 is 0.957 bits per heavy atom. The second-order valence-electron chi connectivity index (χ2n) is 6.77. The highest BCUT2D eigenvalue weighted by molar-refractivity contribution is 5.79. The molecular formula is C20H22N2O. The van der Waals surface area contributed by atoms with E-state index in [-0.39, 0.29) is 11.4 Å². The largest absolute Gasteiger partial charge is 0.345 e. The van der Waals surface area contributed by atoms with E-state index in [0.717, 1.165) is 12.8 Å². The van der Waals surface area contributed by atoms with Gasteiger partial charge in [0.15, 0.2) is 0 Å². The molecule has 0 aliphatic heterocycles. The molecule has 23 heavy (non-hydrogen) atoms. The average Bonchev–Trinajstić information content (AvgIpc) is 3.33. The van der Waals surface area contributed by atoms with E-state index in [9.17, 15) is 4.79 Å². The summed E-state index contributed by atoms with van der Waals surface area (Å²) in [5, 5.41) is 6.65. The Hall–Kier alpha value is -2.13. The first-order chi connectivity index (χ1) is 11.3. The lowest BCUT2D eigenvalue weighted by atomic mass is 9.86. The monoisotopic (exact) mass is 306 g/mol. The van der Waals surface area contributed by atoms with Crippen molar-refractivity contribution in [1.82, 2.24) is 10.6 Å². The van der Waals surface area contributed by atoms with E-state index in [1.165, 1.54) is 29.5 Å². The summed E-state index contributed by atoms with van der Waals surface area (Å²) in [5.41, 5.74) is 3.56. The third-order valence-electron chi connectivity index (χ3n) is 4.94. The smallest absolute Gasteiger partial charge is 0.234 e. The van der Waals surface area contributed by atoms with Crippen LogP contribution < -0.4 is 10.6 Å². The molecule has 0 heterocycles. The second kappa shape index (κ2) is 5.82. The van der Waals surface area contributed by atoms with E-state index in [2.05, 4.69) is 59.2 Å². The van der Waals surface area contributed by atoms with Crippen LogP contribution in [0.25, 0.3) is 0 Å².